The number of amides is 1. The van der Waals surface area contributed by atoms with Gasteiger partial charge in [-0.15, -0.1) is 0 Å². The molecule has 0 aliphatic carbocycles. The average molecular weight is 271 g/mol. The number of carbonyl (C=O) groups is 1. The molecule has 0 spiro atoms. The summed E-state index contributed by atoms with van der Waals surface area (Å²) in [5.41, 5.74) is 5.40. The highest BCUT2D eigenvalue weighted by atomic mass is 16.5. The molecule has 110 valence electrons. The fourth-order valence-electron chi connectivity index (χ4n) is 2.23. The van der Waals surface area contributed by atoms with E-state index in [-0.39, 0.29) is 23.3 Å². The molecule has 3 N–H and O–H groups in total. The fourth-order valence-corrected chi connectivity index (χ4v) is 2.23. The Bertz CT molecular complexity index is 336. The lowest BCUT2D eigenvalue weighted by Gasteiger charge is -2.38. The van der Waals surface area contributed by atoms with Crippen LogP contribution < -0.4 is 5.73 Å². The second-order valence-electron chi connectivity index (χ2n) is 5.51. The number of rotatable bonds is 5. The molecule has 0 bridgehead atoms. The highest BCUT2D eigenvalue weighted by molar-refractivity contribution is 5.86. The van der Waals surface area contributed by atoms with Gasteiger partial charge >= 0.3 is 0 Å². The minimum atomic E-state index is -0.300. The Morgan fingerprint density at radius 3 is 2.58 bits per heavy atom. The van der Waals surface area contributed by atoms with Gasteiger partial charge in [0.05, 0.1) is 6.10 Å². The van der Waals surface area contributed by atoms with E-state index in [0.29, 0.717) is 19.5 Å². The Hall–Kier alpha value is -1.30. The third-order valence-corrected chi connectivity index (χ3v) is 4.11. The van der Waals surface area contributed by atoms with Crippen LogP contribution in [0.15, 0.2) is 5.16 Å². The molecule has 1 amide bonds. The van der Waals surface area contributed by atoms with Gasteiger partial charge in [-0.05, 0) is 26.2 Å². The van der Waals surface area contributed by atoms with Crippen LogP contribution in [-0.4, -0.2) is 48.2 Å². The van der Waals surface area contributed by atoms with Crippen LogP contribution >= 0.6 is 0 Å². The molecular formula is C13H25N3O3. The molecule has 6 nitrogen and oxygen atoms in total. The molecule has 0 saturated carbocycles. The highest BCUT2D eigenvalue weighted by Crippen LogP contribution is 2.31. The summed E-state index contributed by atoms with van der Waals surface area (Å²) in [6.07, 6.45) is 2.82. The summed E-state index contributed by atoms with van der Waals surface area (Å²) in [6, 6.07) is 0. The highest BCUT2D eigenvalue weighted by Gasteiger charge is 2.35. The summed E-state index contributed by atoms with van der Waals surface area (Å²) in [7, 11) is 1.65. The first kappa shape index (κ1) is 15.8. The van der Waals surface area contributed by atoms with Crippen molar-refractivity contribution in [2.45, 2.75) is 45.6 Å². The molecule has 1 atom stereocenters. The van der Waals surface area contributed by atoms with Gasteiger partial charge < -0.3 is 20.6 Å². The van der Waals surface area contributed by atoms with Crippen LogP contribution in [0.4, 0.5) is 0 Å². The van der Waals surface area contributed by atoms with Gasteiger partial charge in [0.25, 0.3) is 0 Å². The van der Waals surface area contributed by atoms with Crippen LogP contribution in [-0.2, 0) is 9.53 Å². The van der Waals surface area contributed by atoms with Crippen molar-refractivity contribution >= 4 is 11.7 Å². The number of likely N-dealkylation sites (tertiary alicyclic amines) is 1. The molecule has 1 saturated heterocycles. The van der Waals surface area contributed by atoms with Crippen molar-refractivity contribution in [1.29, 1.82) is 0 Å². The number of amidine groups is 1. The summed E-state index contributed by atoms with van der Waals surface area (Å²) >= 11 is 0. The molecule has 1 aliphatic rings. The van der Waals surface area contributed by atoms with E-state index in [4.69, 9.17) is 15.7 Å². The van der Waals surface area contributed by atoms with Crippen LogP contribution in [0.25, 0.3) is 0 Å². The zero-order chi connectivity index (χ0) is 14.5. The van der Waals surface area contributed by atoms with E-state index < -0.39 is 0 Å². The number of hydrogen-bond donors (Lipinski definition) is 2. The predicted molar refractivity (Wildman–Crippen MR) is 73.0 cm³/mol. The Morgan fingerprint density at radius 1 is 1.53 bits per heavy atom. The number of oxime groups is 1. The molecule has 1 heterocycles. The van der Waals surface area contributed by atoms with Crippen LogP contribution in [0.5, 0.6) is 0 Å². The number of piperidine rings is 1. The van der Waals surface area contributed by atoms with Crippen molar-refractivity contribution in [2.75, 3.05) is 20.2 Å². The summed E-state index contributed by atoms with van der Waals surface area (Å²) < 4.78 is 5.14. The third kappa shape index (κ3) is 4.09. The summed E-state index contributed by atoms with van der Waals surface area (Å²) in [5, 5.41) is 11.9. The van der Waals surface area contributed by atoms with E-state index in [1.165, 1.54) is 0 Å². The van der Waals surface area contributed by atoms with E-state index in [0.717, 1.165) is 19.3 Å². The Balaban J connectivity index is 2.43. The lowest BCUT2D eigenvalue weighted by molar-refractivity contribution is -0.133. The van der Waals surface area contributed by atoms with Crippen molar-refractivity contribution in [2.24, 2.45) is 16.3 Å². The Labute approximate surface area is 114 Å². The van der Waals surface area contributed by atoms with E-state index in [2.05, 4.69) is 5.16 Å². The number of ether oxygens (including phenoxy) is 1. The molecule has 0 aromatic heterocycles. The molecule has 1 unspecified atom stereocenters. The quantitative estimate of drug-likeness (QED) is 0.340. The average Bonchev–Trinajstić information content (AvgIpc) is 2.44. The molecule has 0 aromatic rings. The van der Waals surface area contributed by atoms with Crippen molar-refractivity contribution in [1.82, 2.24) is 4.90 Å². The van der Waals surface area contributed by atoms with Gasteiger partial charge in [-0.2, -0.15) is 0 Å². The number of nitrogens with two attached hydrogens (primary N) is 1. The maximum Gasteiger partial charge on any atom is 0.222 e. The zero-order valence-corrected chi connectivity index (χ0v) is 12.1. The van der Waals surface area contributed by atoms with Crippen LogP contribution in [0, 0.1) is 5.41 Å². The number of carbonyl (C=O) groups excluding carboxylic acids is 1. The largest absolute Gasteiger partial charge is 0.409 e. The van der Waals surface area contributed by atoms with Gasteiger partial charge in [-0.25, -0.2) is 0 Å². The Morgan fingerprint density at radius 2 is 2.11 bits per heavy atom. The minimum absolute atomic E-state index is 0.108. The lowest BCUT2D eigenvalue weighted by atomic mass is 9.79. The number of nitrogens with zero attached hydrogens (tertiary/aromatic N) is 2. The molecule has 6 heteroatoms. The number of hydrogen-bond acceptors (Lipinski definition) is 4. The van der Waals surface area contributed by atoms with Gasteiger partial charge in [-0.3, -0.25) is 4.79 Å². The van der Waals surface area contributed by atoms with Crippen LogP contribution in [0.1, 0.15) is 39.5 Å². The maximum absolute atomic E-state index is 12.0. The third-order valence-electron chi connectivity index (χ3n) is 4.11. The first-order valence-corrected chi connectivity index (χ1v) is 6.71. The van der Waals surface area contributed by atoms with Gasteiger partial charge in [-0.1, -0.05) is 12.1 Å². The van der Waals surface area contributed by atoms with Gasteiger partial charge in [0.1, 0.15) is 5.84 Å². The second kappa shape index (κ2) is 6.75. The topological polar surface area (TPSA) is 88.2 Å². The Kier molecular flexibility index (Phi) is 5.60. The molecule has 1 aliphatic heterocycles. The molecule has 0 radical (unpaired) electrons. The van der Waals surface area contributed by atoms with Crippen LogP contribution in [0.2, 0.25) is 0 Å². The predicted octanol–water partition coefficient (Wildman–Crippen LogP) is 1.18. The monoisotopic (exact) mass is 271 g/mol. The van der Waals surface area contributed by atoms with E-state index in [9.17, 15) is 4.79 Å². The lowest BCUT2D eigenvalue weighted by Crippen LogP contribution is -2.47. The fraction of sp³-hybridized carbons (Fsp3) is 0.846. The summed E-state index contributed by atoms with van der Waals surface area (Å²) in [6.45, 7) is 5.25. The van der Waals surface area contributed by atoms with Crippen molar-refractivity contribution in [3.05, 3.63) is 0 Å². The molecule has 1 fully saturated rings. The number of methoxy groups -OCH3 is 1. The summed E-state index contributed by atoms with van der Waals surface area (Å²) in [5.74, 6) is 0.415. The maximum atomic E-state index is 12.0. The molecule has 19 heavy (non-hydrogen) atoms. The van der Waals surface area contributed by atoms with Gasteiger partial charge in [0.2, 0.25) is 5.91 Å². The first-order chi connectivity index (χ1) is 8.92. The molecule has 0 aromatic carbocycles. The van der Waals surface area contributed by atoms with Crippen molar-refractivity contribution in [3.63, 3.8) is 0 Å². The van der Waals surface area contributed by atoms with E-state index in [1.54, 1.807) is 7.11 Å². The normalized spacial score (nSPS) is 21.2. The van der Waals surface area contributed by atoms with Gasteiger partial charge in [0.15, 0.2) is 0 Å². The van der Waals surface area contributed by atoms with E-state index in [1.807, 2.05) is 18.7 Å². The molecular weight excluding hydrogens is 246 g/mol. The van der Waals surface area contributed by atoms with Crippen molar-refractivity contribution in [3.8, 4) is 0 Å². The zero-order valence-electron chi connectivity index (χ0n) is 12.1. The van der Waals surface area contributed by atoms with Crippen molar-refractivity contribution < 1.29 is 14.7 Å². The second-order valence-corrected chi connectivity index (χ2v) is 5.51. The first-order valence-electron chi connectivity index (χ1n) is 6.71. The van der Waals surface area contributed by atoms with Gasteiger partial charge in [0, 0.05) is 32.0 Å². The standard InChI is InChI=1S/C13H25N3O3/c1-10(19-3)4-5-11(17)16-8-6-13(2,7-9-16)12(14)15-18/h10,18H,4-9H2,1-3H3,(H2,14,15). The minimum Gasteiger partial charge on any atom is -0.409 e. The smallest absolute Gasteiger partial charge is 0.222 e. The van der Waals surface area contributed by atoms with Crippen LogP contribution in [0.3, 0.4) is 0 Å². The van der Waals surface area contributed by atoms with E-state index >= 15 is 0 Å². The summed E-state index contributed by atoms with van der Waals surface area (Å²) in [4.78, 5) is 13.9. The molecule has 1 rings (SSSR count). The SMILES string of the molecule is COC(C)CCC(=O)N1CCC(C)(C(N)=NO)CC1.